The predicted molar refractivity (Wildman–Crippen MR) is 90.6 cm³/mol. The van der Waals surface area contributed by atoms with Crippen LogP contribution < -0.4 is 0 Å². The van der Waals surface area contributed by atoms with Gasteiger partial charge in [0.25, 0.3) is 0 Å². The maximum absolute atomic E-state index is 12.7. The van der Waals surface area contributed by atoms with Crippen molar-refractivity contribution in [1.29, 1.82) is 0 Å². The molecule has 132 valence electrons. The maximum Gasteiger partial charge on any atom is 0.227 e. The molecule has 1 amide bonds. The number of furan rings is 1. The van der Waals surface area contributed by atoms with E-state index in [-0.39, 0.29) is 5.92 Å². The van der Waals surface area contributed by atoms with Crippen molar-refractivity contribution in [3.05, 3.63) is 23.7 Å². The monoisotopic (exact) mass is 332 g/mol. The molecule has 4 rings (SSSR count). The van der Waals surface area contributed by atoms with Crippen LogP contribution in [0, 0.1) is 11.8 Å². The first-order valence-corrected chi connectivity index (χ1v) is 9.38. The summed E-state index contributed by atoms with van der Waals surface area (Å²) in [5, 5.41) is 0. The second kappa shape index (κ2) is 6.89. The number of carbonyl (C=O) groups is 1. The van der Waals surface area contributed by atoms with Gasteiger partial charge >= 0.3 is 0 Å². The quantitative estimate of drug-likeness (QED) is 0.850. The summed E-state index contributed by atoms with van der Waals surface area (Å²) in [7, 11) is 0. The first-order valence-electron chi connectivity index (χ1n) is 9.38. The minimum Gasteiger partial charge on any atom is -0.464 e. The molecule has 1 aliphatic carbocycles. The Morgan fingerprint density at radius 2 is 2.04 bits per heavy atom. The third-order valence-electron chi connectivity index (χ3n) is 5.71. The number of carbonyl (C=O) groups excluding carboxylic acids is 1. The highest BCUT2D eigenvalue weighted by Gasteiger charge is 2.37. The summed E-state index contributed by atoms with van der Waals surface area (Å²) < 4.78 is 11.4. The van der Waals surface area contributed by atoms with Gasteiger partial charge in [-0.2, -0.15) is 0 Å². The van der Waals surface area contributed by atoms with E-state index in [1.54, 1.807) is 0 Å². The number of ether oxygens (including phenoxy) is 1. The van der Waals surface area contributed by atoms with Gasteiger partial charge in [0.2, 0.25) is 5.91 Å². The van der Waals surface area contributed by atoms with E-state index in [9.17, 15) is 4.79 Å². The number of rotatable bonds is 4. The molecule has 0 spiro atoms. The van der Waals surface area contributed by atoms with Crippen LogP contribution in [0.4, 0.5) is 0 Å². The summed E-state index contributed by atoms with van der Waals surface area (Å²) in [6.07, 6.45) is 3.36. The Hall–Kier alpha value is -1.33. The van der Waals surface area contributed by atoms with Crippen LogP contribution >= 0.6 is 0 Å². The lowest BCUT2D eigenvalue weighted by molar-refractivity contribution is -0.141. The zero-order valence-electron chi connectivity index (χ0n) is 14.6. The first-order chi connectivity index (χ1) is 11.7. The van der Waals surface area contributed by atoms with E-state index < -0.39 is 0 Å². The van der Waals surface area contributed by atoms with E-state index in [4.69, 9.17) is 9.15 Å². The first kappa shape index (κ1) is 16.2. The summed E-state index contributed by atoms with van der Waals surface area (Å²) in [6, 6.07) is 4.26. The fourth-order valence-electron chi connectivity index (χ4n) is 4.06. The van der Waals surface area contributed by atoms with Gasteiger partial charge in [-0.05, 0) is 43.9 Å². The molecule has 5 nitrogen and oxygen atoms in total. The third-order valence-corrected chi connectivity index (χ3v) is 5.71. The minimum atomic E-state index is 0.134. The molecule has 5 heteroatoms. The van der Waals surface area contributed by atoms with Crippen molar-refractivity contribution in [3.63, 3.8) is 0 Å². The molecule has 24 heavy (non-hydrogen) atoms. The number of amides is 1. The molecule has 1 aromatic rings. The van der Waals surface area contributed by atoms with Gasteiger partial charge in [0, 0.05) is 25.6 Å². The minimum absolute atomic E-state index is 0.134. The molecule has 0 aromatic carbocycles. The van der Waals surface area contributed by atoms with Gasteiger partial charge in [0.05, 0.1) is 25.7 Å². The van der Waals surface area contributed by atoms with Crippen LogP contribution in [0.3, 0.4) is 0 Å². The lowest BCUT2D eigenvalue weighted by atomic mass is 9.96. The van der Waals surface area contributed by atoms with Gasteiger partial charge in [-0.1, -0.05) is 6.92 Å². The lowest BCUT2D eigenvalue weighted by Crippen LogP contribution is -2.48. The van der Waals surface area contributed by atoms with Crippen molar-refractivity contribution in [2.75, 3.05) is 39.4 Å². The Morgan fingerprint density at radius 3 is 2.79 bits per heavy atom. The highest BCUT2D eigenvalue weighted by atomic mass is 16.5. The molecule has 2 saturated heterocycles. The number of hydrogen-bond acceptors (Lipinski definition) is 4. The van der Waals surface area contributed by atoms with Gasteiger partial charge in [0.1, 0.15) is 11.5 Å². The number of nitrogens with zero attached hydrogens (tertiary/aromatic N) is 2. The molecule has 3 fully saturated rings. The Balaban J connectivity index is 1.32. The molecular formula is C19H28N2O3. The van der Waals surface area contributed by atoms with Crippen LogP contribution in [-0.2, 0) is 16.1 Å². The van der Waals surface area contributed by atoms with E-state index >= 15 is 0 Å². The van der Waals surface area contributed by atoms with Crippen LogP contribution in [0.5, 0.6) is 0 Å². The van der Waals surface area contributed by atoms with Gasteiger partial charge in [0.15, 0.2) is 0 Å². The van der Waals surface area contributed by atoms with E-state index in [2.05, 4.69) is 24.0 Å². The zero-order chi connectivity index (χ0) is 16.5. The molecule has 3 heterocycles. The van der Waals surface area contributed by atoms with Crippen molar-refractivity contribution >= 4 is 5.91 Å². The molecular weight excluding hydrogens is 304 g/mol. The number of hydrogen-bond donors (Lipinski definition) is 0. The Kier molecular flexibility index (Phi) is 4.63. The van der Waals surface area contributed by atoms with Gasteiger partial charge in [-0.15, -0.1) is 0 Å². The largest absolute Gasteiger partial charge is 0.464 e. The number of likely N-dealkylation sites (tertiary alicyclic amines) is 1. The topological polar surface area (TPSA) is 45.9 Å². The second-order valence-electron chi connectivity index (χ2n) is 7.64. The third kappa shape index (κ3) is 3.52. The Labute approximate surface area is 143 Å². The van der Waals surface area contributed by atoms with E-state index in [1.807, 2.05) is 4.90 Å². The molecule has 0 radical (unpaired) electrons. The summed E-state index contributed by atoms with van der Waals surface area (Å²) in [5.41, 5.74) is 0. The second-order valence-corrected chi connectivity index (χ2v) is 7.64. The molecule has 0 N–H and O–H groups in total. The summed E-state index contributed by atoms with van der Waals surface area (Å²) >= 11 is 0. The smallest absolute Gasteiger partial charge is 0.227 e. The summed E-state index contributed by atoms with van der Waals surface area (Å²) in [5.74, 6) is 4.05. The van der Waals surface area contributed by atoms with Crippen LogP contribution in [0.2, 0.25) is 0 Å². The van der Waals surface area contributed by atoms with Crippen molar-refractivity contribution in [2.24, 2.45) is 11.8 Å². The molecule has 3 atom stereocenters. The van der Waals surface area contributed by atoms with Gasteiger partial charge in [-0.25, -0.2) is 0 Å². The summed E-state index contributed by atoms with van der Waals surface area (Å²) in [4.78, 5) is 17.1. The fraction of sp³-hybridized carbons (Fsp3) is 0.737. The van der Waals surface area contributed by atoms with E-state index in [1.165, 1.54) is 6.42 Å². The van der Waals surface area contributed by atoms with Crippen LogP contribution in [0.25, 0.3) is 0 Å². The molecule has 3 aliphatic rings. The normalized spacial score (nSPS) is 31.2. The summed E-state index contributed by atoms with van der Waals surface area (Å²) in [6.45, 7) is 7.86. The molecule has 1 aromatic heterocycles. The highest BCUT2D eigenvalue weighted by molar-refractivity contribution is 5.79. The Morgan fingerprint density at radius 1 is 1.25 bits per heavy atom. The van der Waals surface area contributed by atoms with Crippen molar-refractivity contribution in [2.45, 2.75) is 38.6 Å². The fourth-order valence-corrected chi connectivity index (χ4v) is 4.06. The highest BCUT2D eigenvalue weighted by Crippen LogP contribution is 2.47. The van der Waals surface area contributed by atoms with Crippen LogP contribution in [0.15, 0.2) is 16.5 Å². The standard InChI is InChI=1S/C19H28N2O3/c1-14-11-17(14)18-5-4-16(24-18)13-20-6-2-3-15(12-20)19(22)21-7-9-23-10-8-21/h4-5,14-15,17H,2-3,6-13H2,1H3/t14-,15+,17-/m1/s1. The molecule has 0 bridgehead atoms. The Bertz CT molecular complexity index is 579. The van der Waals surface area contributed by atoms with Crippen molar-refractivity contribution < 1.29 is 13.9 Å². The van der Waals surface area contributed by atoms with Crippen molar-refractivity contribution in [3.8, 4) is 0 Å². The van der Waals surface area contributed by atoms with E-state index in [0.29, 0.717) is 25.0 Å². The molecule has 0 unspecified atom stereocenters. The van der Waals surface area contributed by atoms with Crippen LogP contribution in [-0.4, -0.2) is 55.1 Å². The van der Waals surface area contributed by atoms with Gasteiger partial charge in [-0.3, -0.25) is 9.69 Å². The maximum atomic E-state index is 12.7. The molecule has 2 aliphatic heterocycles. The predicted octanol–water partition coefficient (Wildman–Crippen LogP) is 2.47. The zero-order valence-corrected chi connectivity index (χ0v) is 14.6. The average molecular weight is 332 g/mol. The van der Waals surface area contributed by atoms with E-state index in [0.717, 1.165) is 63.0 Å². The van der Waals surface area contributed by atoms with Crippen molar-refractivity contribution in [1.82, 2.24) is 9.80 Å². The number of morpholine rings is 1. The van der Waals surface area contributed by atoms with Crippen LogP contribution in [0.1, 0.15) is 43.6 Å². The SMILES string of the molecule is C[C@@H]1C[C@H]1c1ccc(CN2CCC[C@H](C(=O)N3CCOCC3)C2)o1. The molecule has 1 saturated carbocycles. The lowest BCUT2D eigenvalue weighted by Gasteiger charge is -2.35. The van der Waals surface area contributed by atoms with Gasteiger partial charge < -0.3 is 14.1 Å². The average Bonchev–Trinajstić information content (AvgIpc) is 3.17. The number of piperidine rings is 1.